The van der Waals surface area contributed by atoms with E-state index in [2.05, 4.69) is 10.3 Å². The SMILES string of the molecule is Cc1ncc(N)cc1C(=O)NCc1ccccc1. The fourth-order valence-electron chi connectivity index (χ4n) is 1.65. The summed E-state index contributed by atoms with van der Waals surface area (Å²) < 4.78 is 0. The topological polar surface area (TPSA) is 68.0 Å². The van der Waals surface area contributed by atoms with Gasteiger partial charge in [-0.1, -0.05) is 30.3 Å². The van der Waals surface area contributed by atoms with Crippen LogP contribution in [0.15, 0.2) is 42.6 Å². The molecule has 4 nitrogen and oxygen atoms in total. The van der Waals surface area contributed by atoms with Gasteiger partial charge in [-0.2, -0.15) is 0 Å². The zero-order valence-electron chi connectivity index (χ0n) is 10.2. The highest BCUT2D eigenvalue weighted by Crippen LogP contribution is 2.09. The van der Waals surface area contributed by atoms with Crippen molar-refractivity contribution in [1.82, 2.24) is 10.3 Å². The number of aromatic nitrogens is 1. The zero-order chi connectivity index (χ0) is 13.0. The van der Waals surface area contributed by atoms with Gasteiger partial charge in [0.1, 0.15) is 0 Å². The number of hydrogen-bond acceptors (Lipinski definition) is 3. The van der Waals surface area contributed by atoms with Gasteiger partial charge in [0.15, 0.2) is 0 Å². The molecule has 1 aromatic carbocycles. The number of carbonyl (C=O) groups excluding carboxylic acids is 1. The van der Waals surface area contributed by atoms with Crippen molar-refractivity contribution >= 4 is 11.6 Å². The summed E-state index contributed by atoms with van der Waals surface area (Å²) in [6, 6.07) is 11.4. The molecule has 0 aliphatic carbocycles. The number of amides is 1. The monoisotopic (exact) mass is 241 g/mol. The zero-order valence-corrected chi connectivity index (χ0v) is 10.2. The van der Waals surface area contributed by atoms with Crippen LogP contribution in [0.1, 0.15) is 21.6 Å². The van der Waals surface area contributed by atoms with Crippen LogP contribution in [-0.2, 0) is 6.54 Å². The molecule has 1 amide bonds. The molecule has 3 N–H and O–H groups in total. The van der Waals surface area contributed by atoms with Gasteiger partial charge in [0.25, 0.3) is 5.91 Å². The van der Waals surface area contributed by atoms with Gasteiger partial charge in [-0.05, 0) is 18.6 Å². The summed E-state index contributed by atoms with van der Waals surface area (Å²) in [7, 11) is 0. The molecule has 0 unspecified atom stereocenters. The Labute approximate surface area is 106 Å². The summed E-state index contributed by atoms with van der Waals surface area (Å²) in [4.78, 5) is 16.1. The average molecular weight is 241 g/mol. The molecule has 4 heteroatoms. The Morgan fingerprint density at radius 2 is 2.06 bits per heavy atom. The van der Waals surface area contributed by atoms with Gasteiger partial charge < -0.3 is 11.1 Å². The Balaban J connectivity index is 2.06. The molecule has 0 saturated heterocycles. The summed E-state index contributed by atoms with van der Waals surface area (Å²) in [6.07, 6.45) is 1.54. The highest BCUT2D eigenvalue weighted by atomic mass is 16.1. The molecule has 0 fully saturated rings. The van der Waals surface area contributed by atoms with E-state index in [1.165, 1.54) is 0 Å². The molecule has 1 heterocycles. The molecule has 0 spiro atoms. The lowest BCUT2D eigenvalue weighted by molar-refractivity contribution is 0.0950. The van der Waals surface area contributed by atoms with Crippen molar-refractivity contribution in [1.29, 1.82) is 0 Å². The first-order chi connectivity index (χ1) is 8.66. The summed E-state index contributed by atoms with van der Waals surface area (Å²) in [5.74, 6) is -0.156. The molecular weight excluding hydrogens is 226 g/mol. The van der Waals surface area contributed by atoms with E-state index >= 15 is 0 Å². The van der Waals surface area contributed by atoms with Crippen molar-refractivity contribution in [2.75, 3.05) is 5.73 Å². The van der Waals surface area contributed by atoms with Crippen LogP contribution in [0.3, 0.4) is 0 Å². The highest BCUT2D eigenvalue weighted by molar-refractivity contribution is 5.95. The standard InChI is InChI=1S/C14H15N3O/c1-10-13(7-12(15)9-16-10)14(18)17-8-11-5-3-2-4-6-11/h2-7,9H,8,15H2,1H3,(H,17,18). The summed E-state index contributed by atoms with van der Waals surface area (Å²) in [5.41, 5.74) is 8.37. The van der Waals surface area contributed by atoms with Crippen LogP contribution in [0.4, 0.5) is 5.69 Å². The Morgan fingerprint density at radius 1 is 1.33 bits per heavy atom. The van der Waals surface area contributed by atoms with Crippen molar-refractivity contribution in [3.8, 4) is 0 Å². The summed E-state index contributed by atoms with van der Waals surface area (Å²) in [5, 5.41) is 2.85. The maximum absolute atomic E-state index is 12.0. The van der Waals surface area contributed by atoms with Gasteiger partial charge in [0.05, 0.1) is 23.1 Å². The molecule has 18 heavy (non-hydrogen) atoms. The number of hydrogen-bond donors (Lipinski definition) is 2. The highest BCUT2D eigenvalue weighted by Gasteiger charge is 2.09. The number of nitrogen functional groups attached to an aromatic ring is 1. The second-order valence-corrected chi connectivity index (χ2v) is 4.07. The number of nitrogens with one attached hydrogen (secondary N) is 1. The van der Waals surface area contributed by atoms with Crippen molar-refractivity contribution in [2.24, 2.45) is 0 Å². The Kier molecular flexibility index (Phi) is 3.57. The number of aryl methyl sites for hydroxylation is 1. The van der Waals surface area contributed by atoms with Gasteiger partial charge >= 0.3 is 0 Å². The van der Waals surface area contributed by atoms with E-state index in [1.54, 1.807) is 19.2 Å². The molecule has 0 bridgehead atoms. The van der Waals surface area contributed by atoms with Gasteiger partial charge in [0.2, 0.25) is 0 Å². The fraction of sp³-hybridized carbons (Fsp3) is 0.143. The fourth-order valence-corrected chi connectivity index (χ4v) is 1.65. The normalized spacial score (nSPS) is 10.1. The van der Waals surface area contributed by atoms with Crippen LogP contribution < -0.4 is 11.1 Å². The third-order valence-electron chi connectivity index (χ3n) is 2.65. The first-order valence-electron chi connectivity index (χ1n) is 5.71. The van der Waals surface area contributed by atoms with E-state index in [0.29, 0.717) is 23.5 Å². The van der Waals surface area contributed by atoms with Gasteiger partial charge in [-0.15, -0.1) is 0 Å². The second-order valence-electron chi connectivity index (χ2n) is 4.07. The van der Waals surface area contributed by atoms with E-state index in [1.807, 2.05) is 30.3 Å². The Hall–Kier alpha value is -2.36. The van der Waals surface area contributed by atoms with Crippen LogP contribution >= 0.6 is 0 Å². The largest absolute Gasteiger partial charge is 0.397 e. The van der Waals surface area contributed by atoms with Crippen molar-refractivity contribution in [3.63, 3.8) is 0 Å². The third kappa shape index (κ3) is 2.85. The molecule has 0 aliphatic heterocycles. The van der Waals surface area contributed by atoms with E-state index < -0.39 is 0 Å². The predicted molar refractivity (Wildman–Crippen MR) is 71.0 cm³/mol. The maximum atomic E-state index is 12.0. The minimum absolute atomic E-state index is 0.156. The van der Waals surface area contributed by atoms with Gasteiger partial charge in [-0.25, -0.2) is 0 Å². The maximum Gasteiger partial charge on any atom is 0.253 e. The number of anilines is 1. The van der Waals surface area contributed by atoms with E-state index in [-0.39, 0.29) is 5.91 Å². The van der Waals surface area contributed by atoms with Crippen molar-refractivity contribution in [2.45, 2.75) is 13.5 Å². The summed E-state index contributed by atoms with van der Waals surface area (Å²) in [6.45, 7) is 2.28. The van der Waals surface area contributed by atoms with Crippen LogP contribution in [0.5, 0.6) is 0 Å². The number of benzene rings is 1. The molecule has 0 aliphatic rings. The minimum atomic E-state index is -0.156. The summed E-state index contributed by atoms with van der Waals surface area (Å²) >= 11 is 0. The molecule has 1 aromatic heterocycles. The molecule has 0 saturated carbocycles. The van der Waals surface area contributed by atoms with Crippen molar-refractivity contribution < 1.29 is 4.79 Å². The number of pyridine rings is 1. The van der Waals surface area contributed by atoms with Crippen LogP contribution in [0, 0.1) is 6.92 Å². The quantitative estimate of drug-likeness (QED) is 0.862. The lowest BCUT2D eigenvalue weighted by atomic mass is 10.1. The first-order valence-corrected chi connectivity index (χ1v) is 5.71. The number of rotatable bonds is 3. The Morgan fingerprint density at radius 3 is 2.78 bits per heavy atom. The molecule has 0 atom stereocenters. The number of nitrogens with two attached hydrogens (primary N) is 1. The average Bonchev–Trinajstić information content (AvgIpc) is 2.40. The van der Waals surface area contributed by atoms with E-state index in [4.69, 9.17) is 5.73 Å². The van der Waals surface area contributed by atoms with E-state index in [0.717, 1.165) is 5.56 Å². The predicted octanol–water partition coefficient (Wildman–Crippen LogP) is 1.90. The Bertz CT molecular complexity index is 552. The molecular formula is C14H15N3O. The molecule has 2 rings (SSSR count). The van der Waals surface area contributed by atoms with Crippen LogP contribution in [-0.4, -0.2) is 10.9 Å². The smallest absolute Gasteiger partial charge is 0.253 e. The molecule has 92 valence electrons. The van der Waals surface area contributed by atoms with Crippen molar-refractivity contribution in [3.05, 3.63) is 59.4 Å². The van der Waals surface area contributed by atoms with Gasteiger partial charge in [0, 0.05) is 6.54 Å². The third-order valence-corrected chi connectivity index (χ3v) is 2.65. The lowest BCUT2D eigenvalue weighted by Gasteiger charge is -2.07. The lowest BCUT2D eigenvalue weighted by Crippen LogP contribution is -2.24. The number of nitrogens with zero attached hydrogens (tertiary/aromatic N) is 1. The van der Waals surface area contributed by atoms with Gasteiger partial charge in [-0.3, -0.25) is 9.78 Å². The minimum Gasteiger partial charge on any atom is -0.397 e. The van der Waals surface area contributed by atoms with Crippen LogP contribution in [0.2, 0.25) is 0 Å². The second kappa shape index (κ2) is 5.31. The molecule has 0 radical (unpaired) electrons. The molecule has 2 aromatic rings. The van der Waals surface area contributed by atoms with E-state index in [9.17, 15) is 4.79 Å². The first kappa shape index (κ1) is 12.1. The number of carbonyl (C=O) groups is 1. The van der Waals surface area contributed by atoms with Crippen LogP contribution in [0.25, 0.3) is 0 Å².